The Morgan fingerprint density at radius 2 is 1.44 bits per heavy atom. The Kier molecular flexibility index (Phi) is 6.01. The summed E-state index contributed by atoms with van der Waals surface area (Å²) in [6.07, 6.45) is -0.000449. The molecule has 5 rings (SSSR count). The van der Waals surface area contributed by atoms with Crippen LogP contribution in [-0.2, 0) is 4.79 Å². The van der Waals surface area contributed by atoms with E-state index < -0.39 is 11.9 Å². The van der Waals surface area contributed by atoms with E-state index in [4.69, 9.17) is 28.1 Å². The van der Waals surface area contributed by atoms with Gasteiger partial charge in [-0.15, -0.1) is 0 Å². The molecule has 0 aliphatic carbocycles. The molecule has 8 heteroatoms. The fourth-order valence-corrected chi connectivity index (χ4v) is 4.64. The van der Waals surface area contributed by atoms with E-state index in [1.165, 1.54) is 34.5 Å². The Morgan fingerprint density at radius 1 is 0.778 bits per heavy atom. The van der Waals surface area contributed by atoms with Crippen LogP contribution in [-0.4, -0.2) is 34.4 Å². The highest BCUT2D eigenvalue weighted by Crippen LogP contribution is 2.49. The van der Waals surface area contributed by atoms with Crippen molar-refractivity contribution in [1.29, 1.82) is 0 Å². The van der Waals surface area contributed by atoms with Crippen LogP contribution in [0.1, 0.15) is 23.5 Å². The van der Waals surface area contributed by atoms with Gasteiger partial charge in [-0.3, -0.25) is 9.59 Å². The summed E-state index contributed by atoms with van der Waals surface area (Å²) >= 11 is 0. The van der Waals surface area contributed by atoms with E-state index in [-0.39, 0.29) is 34.3 Å². The third-order valence-corrected chi connectivity index (χ3v) is 6.30. The Hall–Kier alpha value is -4.46. The van der Waals surface area contributed by atoms with Crippen LogP contribution in [0.25, 0.3) is 22.3 Å². The maximum Gasteiger partial charge on any atom is 0.312 e. The van der Waals surface area contributed by atoms with Crippen molar-refractivity contribution in [2.24, 2.45) is 0 Å². The number of fused-ring (bicyclic) bond motifs is 3. The van der Waals surface area contributed by atoms with Gasteiger partial charge in [0.15, 0.2) is 16.9 Å². The van der Waals surface area contributed by atoms with Crippen LogP contribution >= 0.6 is 0 Å². The summed E-state index contributed by atoms with van der Waals surface area (Å²) < 4.78 is 34.1. The quantitative estimate of drug-likeness (QED) is 0.278. The highest BCUT2D eigenvalue weighted by atomic mass is 16.5. The van der Waals surface area contributed by atoms with Crippen molar-refractivity contribution in [3.63, 3.8) is 0 Å². The molecule has 0 radical (unpaired) electrons. The summed E-state index contributed by atoms with van der Waals surface area (Å²) in [5.41, 5.74) is 1.95. The first-order chi connectivity index (χ1) is 17.5. The van der Waals surface area contributed by atoms with Crippen molar-refractivity contribution >= 4 is 16.9 Å². The molecule has 0 bridgehead atoms. The molecule has 0 unspecified atom stereocenters. The first kappa shape index (κ1) is 23.3. The lowest BCUT2D eigenvalue weighted by atomic mass is 9.84. The van der Waals surface area contributed by atoms with Crippen molar-refractivity contribution in [2.75, 3.05) is 28.4 Å². The van der Waals surface area contributed by atoms with E-state index in [2.05, 4.69) is 0 Å². The van der Waals surface area contributed by atoms with Gasteiger partial charge in [-0.25, -0.2) is 0 Å². The van der Waals surface area contributed by atoms with Gasteiger partial charge in [0, 0.05) is 40.8 Å². The molecule has 0 N–H and O–H groups in total. The van der Waals surface area contributed by atoms with Gasteiger partial charge in [-0.05, 0) is 6.07 Å². The molecule has 0 spiro atoms. The number of benzene rings is 3. The SMILES string of the molecule is COc1cc(OC)c([C@@H]2CC(=O)Oc3cc(OC)c4c(=O)cc(-c5ccccc5)oc4c32)cc1OC. The first-order valence-electron chi connectivity index (χ1n) is 11.2. The highest BCUT2D eigenvalue weighted by Gasteiger charge is 2.36. The number of ether oxygens (including phenoxy) is 5. The first-order valence-corrected chi connectivity index (χ1v) is 11.2. The molecular weight excluding hydrogens is 464 g/mol. The van der Waals surface area contributed by atoms with Crippen LogP contribution < -0.4 is 29.1 Å². The standard InChI is InChI=1S/C28H24O8/c1-31-20-13-22(33-3)21(32-2)10-16(20)17-11-25(30)35-24-14-23(34-4)27-18(29)12-19(36-28(27)26(17)24)15-8-6-5-7-9-15/h5-10,12-14,17H,11H2,1-4H3/t17-/m0/s1. The van der Waals surface area contributed by atoms with E-state index in [0.717, 1.165) is 5.56 Å². The summed E-state index contributed by atoms with van der Waals surface area (Å²) in [6.45, 7) is 0. The minimum absolute atomic E-state index is 0.000449. The molecule has 1 atom stereocenters. The summed E-state index contributed by atoms with van der Waals surface area (Å²) in [7, 11) is 6.05. The summed E-state index contributed by atoms with van der Waals surface area (Å²) in [5.74, 6) is 1.34. The number of hydrogen-bond donors (Lipinski definition) is 0. The minimum Gasteiger partial charge on any atom is -0.496 e. The Balaban J connectivity index is 1.85. The molecule has 8 nitrogen and oxygen atoms in total. The predicted molar refractivity (Wildman–Crippen MR) is 133 cm³/mol. The molecule has 3 aromatic carbocycles. The van der Waals surface area contributed by atoms with Gasteiger partial charge in [0.05, 0.1) is 34.9 Å². The fraction of sp³-hybridized carbons (Fsp3) is 0.214. The molecule has 1 aliphatic heterocycles. The molecular formula is C28H24O8. The maximum atomic E-state index is 13.3. The van der Waals surface area contributed by atoms with E-state index in [0.29, 0.717) is 34.1 Å². The number of rotatable bonds is 6. The number of carbonyl (C=O) groups is 1. The molecule has 0 amide bonds. The third-order valence-electron chi connectivity index (χ3n) is 6.30. The smallest absolute Gasteiger partial charge is 0.312 e. The zero-order chi connectivity index (χ0) is 25.4. The van der Waals surface area contributed by atoms with Gasteiger partial charge in [0.2, 0.25) is 0 Å². The van der Waals surface area contributed by atoms with Crippen molar-refractivity contribution < 1.29 is 32.9 Å². The van der Waals surface area contributed by atoms with Crippen LogP contribution in [0.5, 0.6) is 28.7 Å². The molecule has 4 aromatic rings. The maximum absolute atomic E-state index is 13.3. The van der Waals surface area contributed by atoms with E-state index in [1.807, 2.05) is 30.3 Å². The summed E-state index contributed by atoms with van der Waals surface area (Å²) in [4.78, 5) is 26.1. The Morgan fingerprint density at radius 3 is 2.11 bits per heavy atom. The zero-order valence-corrected chi connectivity index (χ0v) is 20.2. The van der Waals surface area contributed by atoms with Gasteiger partial charge < -0.3 is 28.1 Å². The molecule has 36 heavy (non-hydrogen) atoms. The average molecular weight is 488 g/mol. The predicted octanol–water partition coefficient (Wildman–Crippen LogP) is 4.94. The molecule has 1 aliphatic rings. The lowest BCUT2D eigenvalue weighted by Gasteiger charge is -2.28. The van der Waals surface area contributed by atoms with E-state index in [1.54, 1.807) is 18.2 Å². The molecule has 184 valence electrons. The topological polar surface area (TPSA) is 93.4 Å². The van der Waals surface area contributed by atoms with Gasteiger partial charge in [0.1, 0.15) is 34.0 Å². The fourth-order valence-electron chi connectivity index (χ4n) is 4.64. The molecule has 1 aromatic heterocycles. The van der Waals surface area contributed by atoms with Crippen LogP contribution in [0.15, 0.2) is 63.8 Å². The lowest BCUT2D eigenvalue weighted by Crippen LogP contribution is -2.22. The number of hydrogen-bond acceptors (Lipinski definition) is 8. The van der Waals surface area contributed by atoms with Crippen LogP contribution in [0.3, 0.4) is 0 Å². The second-order valence-corrected chi connectivity index (χ2v) is 8.22. The second-order valence-electron chi connectivity index (χ2n) is 8.22. The van der Waals surface area contributed by atoms with Crippen molar-refractivity contribution in [3.05, 3.63) is 75.9 Å². The monoisotopic (exact) mass is 488 g/mol. The van der Waals surface area contributed by atoms with Crippen LogP contribution in [0.4, 0.5) is 0 Å². The van der Waals surface area contributed by atoms with E-state index >= 15 is 0 Å². The number of methoxy groups -OCH3 is 4. The Labute approximate surface area is 206 Å². The van der Waals surface area contributed by atoms with Gasteiger partial charge >= 0.3 is 5.97 Å². The van der Waals surface area contributed by atoms with E-state index in [9.17, 15) is 9.59 Å². The minimum atomic E-state index is -0.557. The number of carbonyl (C=O) groups excluding carboxylic acids is 1. The number of esters is 1. The average Bonchev–Trinajstić information content (AvgIpc) is 2.91. The normalized spacial score (nSPS) is 14.7. The van der Waals surface area contributed by atoms with Gasteiger partial charge in [-0.1, -0.05) is 30.3 Å². The van der Waals surface area contributed by atoms with Crippen molar-refractivity contribution in [2.45, 2.75) is 12.3 Å². The molecule has 0 saturated heterocycles. The van der Waals surface area contributed by atoms with Gasteiger partial charge in [-0.2, -0.15) is 0 Å². The molecule has 0 saturated carbocycles. The van der Waals surface area contributed by atoms with Crippen LogP contribution in [0, 0.1) is 0 Å². The summed E-state index contributed by atoms with van der Waals surface area (Å²) in [6, 6.07) is 15.8. The van der Waals surface area contributed by atoms with Crippen molar-refractivity contribution in [3.8, 4) is 40.1 Å². The van der Waals surface area contributed by atoms with Gasteiger partial charge in [0.25, 0.3) is 0 Å². The van der Waals surface area contributed by atoms with Crippen LogP contribution in [0.2, 0.25) is 0 Å². The largest absolute Gasteiger partial charge is 0.496 e. The van der Waals surface area contributed by atoms with Crippen molar-refractivity contribution in [1.82, 2.24) is 0 Å². The molecule has 0 fully saturated rings. The lowest BCUT2D eigenvalue weighted by molar-refractivity contribution is -0.135. The Bertz CT molecular complexity index is 1520. The second kappa shape index (κ2) is 9.30. The highest BCUT2D eigenvalue weighted by molar-refractivity contribution is 5.93. The third kappa shape index (κ3) is 3.80. The molecule has 2 heterocycles. The summed E-state index contributed by atoms with van der Waals surface area (Å²) in [5, 5.41) is 0.262. The zero-order valence-electron chi connectivity index (χ0n) is 20.2.